The molecule has 1 saturated carbocycles. The molecule has 15 heteroatoms. The first kappa shape index (κ1) is 32.4. The van der Waals surface area contributed by atoms with Crippen LogP contribution in [0.2, 0.25) is 0 Å². The van der Waals surface area contributed by atoms with Crippen molar-refractivity contribution in [3.05, 3.63) is 34.8 Å². The summed E-state index contributed by atoms with van der Waals surface area (Å²) >= 11 is 3.28. The molecule has 1 aromatic carbocycles. The highest BCUT2D eigenvalue weighted by Gasteiger charge is 2.61. The van der Waals surface area contributed by atoms with E-state index in [9.17, 15) is 29.4 Å². The minimum absolute atomic E-state index is 0.0297. The van der Waals surface area contributed by atoms with E-state index in [0.717, 1.165) is 19.3 Å². The number of allylic oxidation sites excluding steroid dienone is 1. The van der Waals surface area contributed by atoms with Crippen molar-refractivity contribution in [3.8, 4) is 17.1 Å². The van der Waals surface area contributed by atoms with Gasteiger partial charge < -0.3 is 30.5 Å². The van der Waals surface area contributed by atoms with E-state index in [-0.39, 0.29) is 36.9 Å². The second-order valence-electron chi connectivity index (χ2n) is 12.8. The highest BCUT2D eigenvalue weighted by molar-refractivity contribution is 9.10. The number of carbonyl (C=O) groups excluding carboxylic acids is 3. The Morgan fingerprint density at radius 1 is 1.20 bits per heavy atom. The summed E-state index contributed by atoms with van der Waals surface area (Å²) in [4.78, 5) is 55.8. The predicted octanol–water partition coefficient (Wildman–Crippen LogP) is 3.32. The third-order valence-corrected chi connectivity index (χ3v) is 8.92. The number of ether oxygens (including phenoxy) is 1. The number of rotatable bonds is 4. The molecule has 1 aliphatic carbocycles. The van der Waals surface area contributed by atoms with E-state index in [1.54, 1.807) is 32.9 Å². The number of amides is 3. The van der Waals surface area contributed by atoms with Gasteiger partial charge in [-0.15, -0.1) is 10.2 Å². The molecule has 5 atom stereocenters. The number of carbonyl (C=O) groups is 4. The number of nitrogens with zero attached hydrogens (tertiary/aromatic N) is 5. The van der Waals surface area contributed by atoms with Gasteiger partial charge in [0.25, 0.3) is 0 Å². The van der Waals surface area contributed by atoms with Crippen LogP contribution < -0.4 is 10.6 Å². The van der Waals surface area contributed by atoms with Crippen LogP contribution in [0.15, 0.2) is 34.8 Å². The number of aromatic nitrogens is 4. The lowest BCUT2D eigenvalue weighted by Crippen LogP contribution is -2.56. The largest absolute Gasteiger partial charge is 0.507 e. The second-order valence-corrected chi connectivity index (χ2v) is 13.7. The van der Waals surface area contributed by atoms with Crippen molar-refractivity contribution in [2.75, 3.05) is 6.54 Å². The van der Waals surface area contributed by atoms with Crippen LogP contribution in [0, 0.1) is 5.92 Å². The fourth-order valence-corrected chi connectivity index (χ4v) is 6.22. The molecule has 0 unspecified atom stereocenters. The molecule has 2 aliphatic heterocycles. The number of aromatic hydroxyl groups is 1. The van der Waals surface area contributed by atoms with Crippen molar-refractivity contribution in [2.45, 2.75) is 95.0 Å². The molecule has 3 aliphatic rings. The zero-order valence-corrected chi connectivity index (χ0v) is 27.0. The van der Waals surface area contributed by atoms with Crippen molar-refractivity contribution in [1.82, 2.24) is 35.7 Å². The van der Waals surface area contributed by atoms with E-state index in [4.69, 9.17) is 4.74 Å². The van der Waals surface area contributed by atoms with E-state index in [1.807, 2.05) is 12.2 Å². The second kappa shape index (κ2) is 12.8. The number of carboxylic acid groups (broad SMARTS) is 1. The summed E-state index contributed by atoms with van der Waals surface area (Å²) in [6, 6.07) is 2.19. The normalized spacial score (nSPS) is 28.1. The Morgan fingerprint density at radius 2 is 1.98 bits per heavy atom. The number of alkyl carbamates (subject to hydrolysis) is 1. The first-order chi connectivity index (χ1) is 21.3. The van der Waals surface area contributed by atoms with Crippen LogP contribution in [0.5, 0.6) is 5.75 Å². The van der Waals surface area contributed by atoms with Crippen LogP contribution in [0.25, 0.3) is 11.4 Å². The fourth-order valence-electron chi connectivity index (χ4n) is 5.84. The van der Waals surface area contributed by atoms with E-state index < -0.39 is 53.1 Å². The quantitative estimate of drug-likeness (QED) is 0.347. The zero-order chi connectivity index (χ0) is 32.5. The molecule has 0 bridgehead atoms. The maximum Gasteiger partial charge on any atom is 0.408 e. The number of hydrogen-bond acceptors (Lipinski definition) is 9. The molecule has 3 heterocycles. The molecular formula is C30H38BrN7O7. The van der Waals surface area contributed by atoms with Crippen LogP contribution in [-0.2, 0) is 19.1 Å². The Bertz CT molecular complexity index is 1510. The standard InChI is InChI=1S/C30H38BrN7O7/c1-29(2,3)45-28(44)32-21-10-8-6-4-5-7-9-18-15-30(18,27(42)43)33-25(40)22-14-19(16-37(22)26(21)41)38-35-24(34-36-38)17-11-12-23(39)20(31)13-17/h7,9,11-13,18-19,21-22,39H,4-6,8,10,14-16H2,1-3H3,(H,32,44)(H,33,40)(H,42,43)/b9-7-/t18-,19+,21-,22+,30+/m1/s1. The van der Waals surface area contributed by atoms with Gasteiger partial charge in [-0.05, 0) is 85.8 Å². The predicted molar refractivity (Wildman–Crippen MR) is 164 cm³/mol. The Labute approximate surface area is 268 Å². The minimum Gasteiger partial charge on any atom is -0.507 e. The molecule has 5 rings (SSSR count). The van der Waals surface area contributed by atoms with Gasteiger partial charge in [-0.25, -0.2) is 9.59 Å². The van der Waals surface area contributed by atoms with Crippen LogP contribution >= 0.6 is 15.9 Å². The first-order valence-corrected chi connectivity index (χ1v) is 15.9. The molecule has 0 spiro atoms. The molecule has 14 nitrogen and oxygen atoms in total. The number of phenolic OH excluding ortho intramolecular Hbond substituents is 1. The number of benzene rings is 1. The Balaban J connectivity index is 1.45. The molecule has 2 aromatic rings. The molecule has 1 saturated heterocycles. The number of carboxylic acids is 1. The van der Waals surface area contributed by atoms with E-state index in [0.29, 0.717) is 22.9 Å². The Morgan fingerprint density at radius 3 is 2.69 bits per heavy atom. The van der Waals surface area contributed by atoms with Gasteiger partial charge in [0.1, 0.15) is 29.0 Å². The van der Waals surface area contributed by atoms with Crippen molar-refractivity contribution in [3.63, 3.8) is 0 Å². The van der Waals surface area contributed by atoms with Crippen molar-refractivity contribution >= 4 is 39.8 Å². The monoisotopic (exact) mass is 687 g/mol. The summed E-state index contributed by atoms with van der Waals surface area (Å²) in [5.74, 6) is -2.23. The smallest absolute Gasteiger partial charge is 0.408 e. The van der Waals surface area contributed by atoms with Gasteiger partial charge in [-0.3, -0.25) is 9.59 Å². The molecular weight excluding hydrogens is 650 g/mol. The van der Waals surface area contributed by atoms with Gasteiger partial charge in [0.15, 0.2) is 0 Å². The van der Waals surface area contributed by atoms with E-state index in [2.05, 4.69) is 42.0 Å². The molecule has 45 heavy (non-hydrogen) atoms. The molecule has 242 valence electrons. The van der Waals surface area contributed by atoms with Gasteiger partial charge in [0, 0.05) is 24.4 Å². The van der Waals surface area contributed by atoms with E-state index in [1.165, 1.54) is 15.8 Å². The highest BCUT2D eigenvalue weighted by Crippen LogP contribution is 2.45. The summed E-state index contributed by atoms with van der Waals surface area (Å²) in [6.07, 6.45) is 6.75. The average Bonchev–Trinajstić information content (AvgIpc) is 3.28. The number of tetrazole rings is 1. The van der Waals surface area contributed by atoms with Gasteiger partial charge in [0.2, 0.25) is 17.6 Å². The first-order valence-electron chi connectivity index (χ1n) is 15.1. The molecule has 1 aromatic heterocycles. The summed E-state index contributed by atoms with van der Waals surface area (Å²) in [5, 5.41) is 38.2. The van der Waals surface area contributed by atoms with Crippen molar-refractivity contribution in [1.29, 1.82) is 0 Å². The summed E-state index contributed by atoms with van der Waals surface area (Å²) in [6.45, 7) is 5.21. The molecule has 4 N–H and O–H groups in total. The lowest BCUT2D eigenvalue weighted by Gasteiger charge is -2.30. The lowest BCUT2D eigenvalue weighted by atomic mass is 10.0. The van der Waals surface area contributed by atoms with Gasteiger partial charge in [-0.1, -0.05) is 25.0 Å². The van der Waals surface area contributed by atoms with Crippen LogP contribution in [0.3, 0.4) is 0 Å². The number of aliphatic carboxylic acids is 1. The number of halogens is 1. The fraction of sp³-hybridized carbons (Fsp3) is 0.567. The highest BCUT2D eigenvalue weighted by atomic mass is 79.9. The lowest BCUT2D eigenvalue weighted by molar-refractivity contribution is -0.145. The number of hydrogen-bond donors (Lipinski definition) is 4. The van der Waals surface area contributed by atoms with Crippen LogP contribution in [0.4, 0.5) is 4.79 Å². The van der Waals surface area contributed by atoms with Crippen molar-refractivity contribution in [2.24, 2.45) is 5.92 Å². The molecule has 0 radical (unpaired) electrons. The summed E-state index contributed by atoms with van der Waals surface area (Å²) in [5.41, 5.74) is -1.64. The average molecular weight is 689 g/mol. The Kier molecular flexibility index (Phi) is 9.19. The van der Waals surface area contributed by atoms with Crippen LogP contribution in [-0.4, -0.2) is 89.0 Å². The molecule has 2 fully saturated rings. The zero-order valence-electron chi connectivity index (χ0n) is 25.4. The maximum atomic E-state index is 14.1. The number of fused-ring (bicyclic) bond motifs is 2. The Hall–Kier alpha value is -4.01. The van der Waals surface area contributed by atoms with E-state index >= 15 is 0 Å². The third-order valence-electron chi connectivity index (χ3n) is 8.29. The number of nitrogens with one attached hydrogen (secondary N) is 2. The van der Waals surface area contributed by atoms with Crippen LogP contribution in [0.1, 0.15) is 71.8 Å². The third kappa shape index (κ3) is 7.29. The topological polar surface area (TPSA) is 189 Å². The van der Waals surface area contributed by atoms with Crippen molar-refractivity contribution < 1.29 is 34.1 Å². The maximum absolute atomic E-state index is 14.1. The minimum atomic E-state index is -1.44. The SMILES string of the molecule is CC(C)(C)OC(=O)N[C@@H]1CCCCC/C=C\[C@@H]2C[C@]2(C(=O)O)NC(=O)[C@@H]2C[C@H](n3nnc(-c4ccc(O)c(Br)c4)n3)CN2C1=O. The van der Waals surface area contributed by atoms with Gasteiger partial charge in [-0.2, -0.15) is 4.80 Å². The van der Waals surface area contributed by atoms with Gasteiger partial charge >= 0.3 is 12.1 Å². The molecule has 3 amide bonds. The summed E-state index contributed by atoms with van der Waals surface area (Å²) in [7, 11) is 0. The van der Waals surface area contributed by atoms with Gasteiger partial charge in [0.05, 0.1) is 10.5 Å². The summed E-state index contributed by atoms with van der Waals surface area (Å²) < 4.78 is 5.88. The number of phenols is 1.